The Hall–Kier alpha value is -4.63. The summed E-state index contributed by atoms with van der Waals surface area (Å²) in [4.78, 5) is 34.9. The molecule has 1 fully saturated rings. The van der Waals surface area contributed by atoms with E-state index in [2.05, 4.69) is 24.8 Å². The van der Waals surface area contributed by atoms with Gasteiger partial charge in [-0.2, -0.15) is 0 Å². The lowest BCUT2D eigenvalue weighted by molar-refractivity contribution is -0.286. The van der Waals surface area contributed by atoms with E-state index in [-0.39, 0.29) is 58.2 Å². The lowest BCUT2D eigenvalue weighted by Gasteiger charge is -2.32. The van der Waals surface area contributed by atoms with E-state index < -0.39 is 47.9 Å². The molecule has 7 rings (SSSR count). The Balaban J connectivity index is 1.30. The molecule has 46 heavy (non-hydrogen) atoms. The number of aromatic nitrogens is 2. The average Bonchev–Trinajstić information content (AvgIpc) is 3.34. The maximum atomic E-state index is 16.2. The highest BCUT2D eigenvalue weighted by Crippen LogP contribution is 2.55. The van der Waals surface area contributed by atoms with Crippen molar-refractivity contribution < 1.29 is 46.8 Å². The van der Waals surface area contributed by atoms with Gasteiger partial charge in [0.2, 0.25) is 5.91 Å². The maximum Gasteiger partial charge on any atom is 0.586 e. The Morgan fingerprint density at radius 2 is 1.89 bits per heavy atom. The fourth-order valence-electron chi connectivity index (χ4n) is 6.01. The fraction of sp³-hybridized carbons (Fsp3) is 0.355. The smallest absolute Gasteiger partial charge is 0.494 e. The summed E-state index contributed by atoms with van der Waals surface area (Å²) in [6.45, 7) is 2.84. The number of hydrogen-bond acceptors (Lipinski definition) is 10. The number of halogens is 3. The van der Waals surface area contributed by atoms with Crippen LogP contribution >= 0.6 is 11.3 Å². The molecule has 1 aliphatic carbocycles. The van der Waals surface area contributed by atoms with E-state index in [1.165, 1.54) is 48.8 Å². The van der Waals surface area contributed by atoms with Gasteiger partial charge < -0.3 is 35.1 Å². The number of nitrogens with one attached hydrogen (secondary N) is 1. The van der Waals surface area contributed by atoms with Gasteiger partial charge in [-0.1, -0.05) is 0 Å². The molecule has 0 bridgehead atoms. The van der Waals surface area contributed by atoms with Crippen molar-refractivity contribution >= 4 is 33.4 Å². The van der Waals surface area contributed by atoms with E-state index in [1.807, 2.05) is 6.92 Å². The number of methoxy groups -OCH3 is 1. The van der Waals surface area contributed by atoms with Gasteiger partial charge >= 0.3 is 6.29 Å². The molecule has 240 valence electrons. The van der Waals surface area contributed by atoms with Gasteiger partial charge in [0.1, 0.15) is 40.4 Å². The molecule has 4 N–H and O–H groups in total. The number of aliphatic hydroxyl groups is 1. The van der Waals surface area contributed by atoms with Crippen LogP contribution in [0.4, 0.5) is 13.2 Å². The highest BCUT2D eigenvalue weighted by atomic mass is 32.1. The first-order valence-corrected chi connectivity index (χ1v) is 15.1. The summed E-state index contributed by atoms with van der Waals surface area (Å²) in [6, 6.07) is 8.38. The van der Waals surface area contributed by atoms with Crippen LogP contribution in [0.3, 0.4) is 0 Å². The third-order valence-electron chi connectivity index (χ3n) is 8.50. The van der Waals surface area contributed by atoms with Crippen LogP contribution < -0.4 is 30.0 Å². The minimum absolute atomic E-state index is 0.0227. The van der Waals surface area contributed by atoms with E-state index in [9.17, 15) is 23.5 Å². The number of carbonyl (C=O) groups is 2. The Morgan fingerprint density at radius 3 is 2.59 bits per heavy atom. The van der Waals surface area contributed by atoms with Crippen molar-refractivity contribution in [2.24, 2.45) is 5.73 Å². The number of alkyl halides is 3. The molecule has 11 nitrogen and oxygen atoms in total. The van der Waals surface area contributed by atoms with Crippen molar-refractivity contribution in [2.45, 2.75) is 56.3 Å². The first-order valence-electron chi connectivity index (χ1n) is 14.3. The van der Waals surface area contributed by atoms with Crippen molar-refractivity contribution in [3.8, 4) is 34.3 Å². The molecule has 2 aromatic carbocycles. The number of primary amides is 1. The van der Waals surface area contributed by atoms with Crippen molar-refractivity contribution in [3.05, 3.63) is 58.2 Å². The third-order valence-corrected chi connectivity index (χ3v) is 9.42. The minimum Gasteiger partial charge on any atom is -0.494 e. The van der Waals surface area contributed by atoms with Crippen LogP contribution in [0, 0.1) is 6.92 Å². The second kappa shape index (κ2) is 10.2. The lowest BCUT2D eigenvalue weighted by atomic mass is 9.86. The van der Waals surface area contributed by atoms with E-state index in [0.29, 0.717) is 16.0 Å². The van der Waals surface area contributed by atoms with E-state index >= 15 is 4.39 Å². The first kappa shape index (κ1) is 30.0. The van der Waals surface area contributed by atoms with Crippen molar-refractivity contribution in [3.63, 3.8) is 0 Å². The molecule has 3 aliphatic rings. The van der Waals surface area contributed by atoms with Crippen LogP contribution in [0.1, 0.15) is 52.3 Å². The zero-order valence-electron chi connectivity index (χ0n) is 24.7. The number of pyridine rings is 1. The van der Waals surface area contributed by atoms with Gasteiger partial charge in [0.25, 0.3) is 5.91 Å². The number of nitrogens with zero attached hydrogens (tertiary/aromatic N) is 2. The quantitative estimate of drug-likeness (QED) is 0.249. The highest BCUT2D eigenvalue weighted by Gasteiger charge is 2.62. The molecule has 0 spiro atoms. The number of carbonyl (C=O) groups excluding carboxylic acids is 2. The van der Waals surface area contributed by atoms with Gasteiger partial charge in [-0.05, 0) is 63.1 Å². The van der Waals surface area contributed by atoms with Crippen LogP contribution in [0.15, 0.2) is 36.4 Å². The molecule has 15 heteroatoms. The third kappa shape index (κ3) is 4.76. The predicted octanol–water partition coefficient (Wildman–Crippen LogP) is 4.47. The molecular formula is C31H27F3N4O7S. The average molecular weight is 657 g/mol. The van der Waals surface area contributed by atoms with Gasteiger partial charge in [-0.25, -0.2) is 14.4 Å². The summed E-state index contributed by atoms with van der Waals surface area (Å²) < 4.78 is 64.9. The molecule has 4 heterocycles. The molecule has 2 aliphatic heterocycles. The number of amides is 2. The Labute approximate surface area is 263 Å². The second-order valence-corrected chi connectivity index (χ2v) is 12.8. The molecule has 2 aromatic heterocycles. The summed E-state index contributed by atoms with van der Waals surface area (Å²) >= 11 is 1.37. The fourth-order valence-corrected chi connectivity index (χ4v) is 6.90. The standard InChI is InChI=1S/C31H27F3N4O7S/c1-13-23(27(35)39)17-11-22(38-24(26(17)43-13)15-4-5-18-19(8-15)45-31(33,34)44-18)30(41,29(32)6-7-29)12-36-28(40)16-9-20(42-3)25-21(10-16)46-14(2)37-25/h4-5,8-11,13,23,41H,6-7,12H2,1-3H3,(H2,35,39)(H,36,40)/t13?,23-,30?/m0/s1. The van der Waals surface area contributed by atoms with Crippen LogP contribution in [0.25, 0.3) is 21.5 Å². The number of fused-ring (bicyclic) bond motifs is 3. The maximum absolute atomic E-state index is 16.2. The summed E-state index contributed by atoms with van der Waals surface area (Å²) in [7, 11) is 1.45. The molecule has 2 unspecified atom stereocenters. The number of thiazole rings is 1. The summed E-state index contributed by atoms with van der Waals surface area (Å²) in [6.07, 6.45) is -4.69. The molecule has 0 saturated heterocycles. The zero-order chi connectivity index (χ0) is 32.8. The second-order valence-electron chi connectivity index (χ2n) is 11.6. The number of hydrogen-bond donors (Lipinski definition) is 3. The molecular weight excluding hydrogens is 629 g/mol. The van der Waals surface area contributed by atoms with Gasteiger partial charge in [0, 0.05) is 16.7 Å². The number of benzene rings is 2. The number of aryl methyl sites for hydroxylation is 1. The lowest BCUT2D eigenvalue weighted by Crippen LogP contribution is -2.49. The molecule has 2 amide bonds. The van der Waals surface area contributed by atoms with Crippen LogP contribution in [0.5, 0.6) is 23.0 Å². The van der Waals surface area contributed by atoms with E-state index in [1.54, 1.807) is 13.0 Å². The Bertz CT molecular complexity index is 1950. The number of rotatable bonds is 8. The first-order chi connectivity index (χ1) is 21.7. The van der Waals surface area contributed by atoms with E-state index in [0.717, 1.165) is 5.01 Å². The van der Waals surface area contributed by atoms with Crippen LogP contribution in [-0.4, -0.2) is 58.6 Å². The van der Waals surface area contributed by atoms with Crippen LogP contribution in [0.2, 0.25) is 0 Å². The van der Waals surface area contributed by atoms with E-state index in [4.69, 9.17) is 15.2 Å². The normalized spacial score (nSPS) is 21.3. The Kier molecular flexibility index (Phi) is 6.65. The number of nitrogens with two attached hydrogens (primary N) is 1. The minimum atomic E-state index is -3.88. The predicted molar refractivity (Wildman–Crippen MR) is 158 cm³/mol. The molecule has 4 aromatic rings. The topological polar surface area (TPSA) is 155 Å². The highest BCUT2D eigenvalue weighted by molar-refractivity contribution is 7.18. The largest absolute Gasteiger partial charge is 0.586 e. The summed E-state index contributed by atoms with van der Waals surface area (Å²) in [5.74, 6) is -2.35. The van der Waals surface area contributed by atoms with Gasteiger partial charge in [-0.15, -0.1) is 20.1 Å². The van der Waals surface area contributed by atoms with Gasteiger partial charge in [-0.3, -0.25) is 9.59 Å². The van der Waals surface area contributed by atoms with Crippen LogP contribution in [-0.2, 0) is 10.4 Å². The van der Waals surface area contributed by atoms with Crippen molar-refractivity contribution in [1.29, 1.82) is 0 Å². The molecule has 3 atom stereocenters. The zero-order valence-corrected chi connectivity index (χ0v) is 25.5. The number of ether oxygens (including phenoxy) is 4. The van der Waals surface area contributed by atoms with Crippen molar-refractivity contribution in [1.82, 2.24) is 15.3 Å². The monoisotopic (exact) mass is 656 g/mol. The summed E-state index contributed by atoms with van der Waals surface area (Å²) in [5.41, 5.74) is 2.20. The SMILES string of the molecule is COc1cc(C(=O)NCC(O)(c2cc3c(c(-c4ccc5c(c4)OC(F)(F)O5)n2)OC(C)[C@@H]3C(N)=O)C2(F)CC2)cc2sc(C)nc12. The summed E-state index contributed by atoms with van der Waals surface area (Å²) in [5, 5.41) is 15.5. The van der Waals surface area contributed by atoms with Crippen molar-refractivity contribution in [2.75, 3.05) is 13.7 Å². The van der Waals surface area contributed by atoms with Gasteiger partial charge in [0.05, 0.1) is 29.1 Å². The molecule has 1 saturated carbocycles. The molecule has 0 radical (unpaired) electrons. The van der Waals surface area contributed by atoms with Gasteiger partial charge in [0.15, 0.2) is 17.1 Å². The Morgan fingerprint density at radius 1 is 1.15 bits per heavy atom.